The van der Waals surface area contributed by atoms with Crippen molar-refractivity contribution in [1.82, 2.24) is 0 Å². The van der Waals surface area contributed by atoms with Gasteiger partial charge in [-0.25, -0.2) is 4.57 Å². The van der Waals surface area contributed by atoms with Crippen LogP contribution in [0, 0.1) is 0 Å². The van der Waals surface area contributed by atoms with E-state index in [1.807, 2.05) is 12.2 Å². The van der Waals surface area contributed by atoms with Crippen LogP contribution in [0.4, 0.5) is 0 Å². The van der Waals surface area contributed by atoms with Gasteiger partial charge in [0.2, 0.25) is 0 Å². The van der Waals surface area contributed by atoms with Gasteiger partial charge >= 0.3 is 19.8 Å². The van der Waals surface area contributed by atoms with Gasteiger partial charge in [0.15, 0.2) is 6.10 Å². The van der Waals surface area contributed by atoms with Crippen molar-refractivity contribution in [2.75, 3.05) is 13.2 Å². The van der Waals surface area contributed by atoms with Crippen molar-refractivity contribution in [1.29, 1.82) is 0 Å². The van der Waals surface area contributed by atoms with E-state index in [9.17, 15) is 14.2 Å². The molecule has 0 radical (unpaired) electrons. The van der Waals surface area contributed by atoms with Crippen LogP contribution in [0.5, 0.6) is 0 Å². The van der Waals surface area contributed by atoms with Crippen LogP contribution in [0.2, 0.25) is 0 Å². The average molecular weight is 803 g/mol. The van der Waals surface area contributed by atoms with E-state index in [0.29, 0.717) is 12.8 Å². The lowest BCUT2D eigenvalue weighted by Crippen LogP contribution is -2.29. The van der Waals surface area contributed by atoms with Crippen LogP contribution in [0.25, 0.3) is 0 Å². The molecule has 0 aliphatic carbocycles. The molecule has 0 heterocycles. The zero-order valence-electron chi connectivity index (χ0n) is 35.3. The third-order valence-electron chi connectivity index (χ3n) is 8.90. The molecule has 1 atom stereocenters. The van der Waals surface area contributed by atoms with E-state index < -0.39 is 32.5 Å². The van der Waals surface area contributed by atoms with Gasteiger partial charge < -0.3 is 19.3 Å². The van der Waals surface area contributed by atoms with Gasteiger partial charge in [0, 0.05) is 12.8 Å². The third-order valence-corrected chi connectivity index (χ3v) is 9.39. The molecule has 0 aliphatic rings. The lowest BCUT2D eigenvalue weighted by molar-refractivity contribution is -0.161. The van der Waals surface area contributed by atoms with Crippen molar-refractivity contribution in [3.05, 3.63) is 85.1 Å². The number of hydrogen-bond acceptors (Lipinski definition) is 6. The molecule has 0 aromatic heterocycles. The first kappa shape index (κ1) is 53.2. The normalized spacial score (nSPS) is 13.3. The van der Waals surface area contributed by atoms with Crippen LogP contribution in [-0.2, 0) is 28.2 Å². The highest BCUT2D eigenvalue weighted by atomic mass is 31.2. The van der Waals surface area contributed by atoms with E-state index in [4.69, 9.17) is 19.3 Å². The Labute approximate surface area is 342 Å². The van der Waals surface area contributed by atoms with Gasteiger partial charge in [0.05, 0.1) is 6.61 Å². The average Bonchev–Trinajstić information content (AvgIpc) is 3.17. The van der Waals surface area contributed by atoms with Crippen LogP contribution in [0.1, 0.15) is 181 Å². The molecule has 0 aromatic rings. The largest absolute Gasteiger partial charge is 0.469 e. The van der Waals surface area contributed by atoms with Crippen LogP contribution < -0.4 is 0 Å². The van der Waals surface area contributed by atoms with Gasteiger partial charge in [-0.2, -0.15) is 0 Å². The van der Waals surface area contributed by atoms with Crippen molar-refractivity contribution in [2.24, 2.45) is 0 Å². The van der Waals surface area contributed by atoms with Gasteiger partial charge in [-0.3, -0.25) is 14.1 Å². The van der Waals surface area contributed by atoms with Crippen molar-refractivity contribution < 1.29 is 37.9 Å². The summed E-state index contributed by atoms with van der Waals surface area (Å²) in [5, 5.41) is 0. The minimum absolute atomic E-state index is 0.0835. The highest BCUT2D eigenvalue weighted by Crippen LogP contribution is 2.36. The topological polar surface area (TPSA) is 119 Å². The molecule has 0 rings (SSSR count). The standard InChI is InChI=1S/C47H79O8P/c1-3-5-7-9-11-13-15-17-19-21-23-25-27-29-31-33-35-37-39-41-46(48)53-43-45(44-54-56(50,51)52)55-47(49)42-40-38-36-34-32-30-28-26-24-22-20-18-16-14-12-10-8-6-4-2/h11-14,17-20,24,26,30,32,36,38,45H,3-10,15-16,21-23,25,27-29,31,33-35,37,39-44H2,1-2H3,(H2,50,51,52)/b13-11+,14-12+,19-17+,20-18+,26-24+,32-30+,38-36+/t45-/m1/s1. The molecule has 0 aromatic carbocycles. The summed E-state index contributed by atoms with van der Waals surface area (Å²) in [5.74, 6) is -0.991. The van der Waals surface area contributed by atoms with E-state index in [1.54, 1.807) is 0 Å². The maximum absolute atomic E-state index is 12.4. The smallest absolute Gasteiger partial charge is 0.462 e. The van der Waals surface area contributed by atoms with Crippen molar-refractivity contribution in [2.45, 2.75) is 187 Å². The fraction of sp³-hybridized carbons (Fsp3) is 0.660. The first-order valence-corrected chi connectivity index (χ1v) is 23.4. The zero-order chi connectivity index (χ0) is 41.1. The van der Waals surface area contributed by atoms with E-state index in [2.05, 4.69) is 91.3 Å². The number of hydrogen-bond donors (Lipinski definition) is 2. The second-order valence-electron chi connectivity index (χ2n) is 14.3. The van der Waals surface area contributed by atoms with Crippen molar-refractivity contribution in [3.8, 4) is 0 Å². The van der Waals surface area contributed by atoms with Gasteiger partial charge in [-0.15, -0.1) is 0 Å². The zero-order valence-corrected chi connectivity index (χ0v) is 36.1. The molecule has 0 bridgehead atoms. The molecule has 2 N–H and O–H groups in total. The number of phosphoric ester groups is 1. The summed E-state index contributed by atoms with van der Waals surface area (Å²) in [5.41, 5.74) is 0. The first-order chi connectivity index (χ1) is 27.3. The monoisotopic (exact) mass is 803 g/mol. The van der Waals surface area contributed by atoms with Crippen molar-refractivity contribution in [3.63, 3.8) is 0 Å². The lowest BCUT2D eigenvalue weighted by atomic mass is 10.1. The summed E-state index contributed by atoms with van der Waals surface area (Å²) in [7, 11) is -4.78. The number of rotatable bonds is 39. The lowest BCUT2D eigenvalue weighted by Gasteiger charge is -2.18. The molecule has 56 heavy (non-hydrogen) atoms. The molecule has 0 amide bonds. The Kier molecular flexibility index (Phi) is 39.8. The molecule has 0 spiro atoms. The molecule has 0 saturated heterocycles. The fourth-order valence-corrected chi connectivity index (χ4v) is 5.98. The Morgan fingerprint density at radius 1 is 0.464 bits per heavy atom. The second kappa shape index (κ2) is 41.9. The summed E-state index contributed by atoms with van der Waals surface area (Å²) in [6.07, 6.45) is 56.0. The predicted octanol–water partition coefficient (Wildman–Crippen LogP) is 13.6. The maximum atomic E-state index is 12.4. The molecular weight excluding hydrogens is 723 g/mol. The Hall–Kier alpha value is -2.77. The molecule has 320 valence electrons. The molecule has 9 heteroatoms. The number of esters is 2. The van der Waals surface area contributed by atoms with Gasteiger partial charge in [-0.05, 0) is 83.5 Å². The van der Waals surface area contributed by atoms with Gasteiger partial charge in [-0.1, -0.05) is 170 Å². The summed E-state index contributed by atoms with van der Waals surface area (Å²) in [6.45, 7) is 3.57. The van der Waals surface area contributed by atoms with Crippen molar-refractivity contribution >= 4 is 19.8 Å². The Balaban J connectivity index is 4.04. The minimum Gasteiger partial charge on any atom is -0.462 e. The minimum atomic E-state index is -4.78. The SMILES string of the molecule is CCCCC/C=C/C/C=C/C/C=C/C/C=C/C/C=C/CCC(=O)O[C@H](COC(=O)CCCCCCCCCCC/C=C/C/C=C/CCCCC)COP(=O)(O)O. The molecule has 0 saturated carbocycles. The fourth-order valence-electron chi connectivity index (χ4n) is 5.62. The Bertz CT molecular complexity index is 1180. The quantitative estimate of drug-likeness (QED) is 0.0273. The predicted molar refractivity (Wildman–Crippen MR) is 234 cm³/mol. The van der Waals surface area contributed by atoms with Crippen LogP contribution >= 0.6 is 7.82 Å². The maximum Gasteiger partial charge on any atom is 0.469 e. The highest BCUT2D eigenvalue weighted by Gasteiger charge is 2.22. The third kappa shape index (κ3) is 44.0. The number of carbonyl (C=O) groups is 2. The summed E-state index contributed by atoms with van der Waals surface area (Å²) in [6, 6.07) is 0. The number of unbranched alkanes of at least 4 members (excludes halogenated alkanes) is 15. The molecule has 8 nitrogen and oxygen atoms in total. The number of allylic oxidation sites excluding steroid dienone is 14. The van der Waals surface area contributed by atoms with Gasteiger partial charge in [0.25, 0.3) is 0 Å². The van der Waals surface area contributed by atoms with Crippen LogP contribution in [0.15, 0.2) is 85.1 Å². The van der Waals surface area contributed by atoms with E-state index in [0.717, 1.165) is 57.8 Å². The summed E-state index contributed by atoms with van der Waals surface area (Å²) < 4.78 is 26.3. The number of ether oxygens (including phenoxy) is 2. The number of phosphoric acid groups is 1. The summed E-state index contributed by atoms with van der Waals surface area (Å²) >= 11 is 0. The van der Waals surface area contributed by atoms with E-state index in [-0.39, 0.29) is 19.4 Å². The summed E-state index contributed by atoms with van der Waals surface area (Å²) in [4.78, 5) is 42.9. The van der Waals surface area contributed by atoms with Crippen LogP contribution in [0.3, 0.4) is 0 Å². The molecule has 0 aliphatic heterocycles. The van der Waals surface area contributed by atoms with Crippen LogP contribution in [-0.4, -0.2) is 41.0 Å². The molecule has 0 fully saturated rings. The van der Waals surface area contributed by atoms with E-state index in [1.165, 1.54) is 83.5 Å². The molecular formula is C47H79O8P. The Morgan fingerprint density at radius 3 is 1.27 bits per heavy atom. The molecule has 0 unspecified atom stereocenters. The first-order valence-electron chi connectivity index (χ1n) is 21.9. The second-order valence-corrected chi connectivity index (χ2v) is 15.5. The highest BCUT2D eigenvalue weighted by molar-refractivity contribution is 7.46. The Morgan fingerprint density at radius 2 is 0.839 bits per heavy atom. The van der Waals surface area contributed by atoms with E-state index >= 15 is 0 Å². The number of carbonyl (C=O) groups excluding carboxylic acids is 2. The van der Waals surface area contributed by atoms with Gasteiger partial charge in [0.1, 0.15) is 6.61 Å².